The normalized spacial score (nSPS) is 24.7. The summed E-state index contributed by atoms with van der Waals surface area (Å²) in [6.45, 7) is 2.62. The van der Waals surface area contributed by atoms with Crippen molar-refractivity contribution in [3.63, 3.8) is 0 Å². The number of anilines is 1. The minimum absolute atomic E-state index is 0.00737. The summed E-state index contributed by atoms with van der Waals surface area (Å²) in [5, 5.41) is 11.5. The molecule has 1 spiro atoms. The number of nitrogens with zero attached hydrogens (tertiary/aromatic N) is 3. The number of likely N-dealkylation sites (tertiary alicyclic amines) is 1. The molecule has 3 aliphatic rings. The predicted molar refractivity (Wildman–Crippen MR) is 139 cm³/mol. The zero-order valence-electron chi connectivity index (χ0n) is 21.4. The Morgan fingerprint density at radius 1 is 1.11 bits per heavy atom. The van der Waals surface area contributed by atoms with E-state index in [0.717, 1.165) is 10.7 Å². The minimum atomic E-state index is -3.73. The Morgan fingerprint density at radius 2 is 1.79 bits per heavy atom. The maximum Gasteiger partial charge on any atom is 0.296 e. The monoisotopic (exact) mass is 539 g/mol. The first-order valence-corrected chi connectivity index (χ1v) is 13.9. The molecule has 5 rings (SSSR count). The minimum Gasteiger partial charge on any atom is -0.507 e. The van der Waals surface area contributed by atoms with Gasteiger partial charge in [-0.05, 0) is 50.1 Å². The van der Waals surface area contributed by atoms with Crippen LogP contribution in [0.1, 0.15) is 30.9 Å². The fourth-order valence-electron chi connectivity index (χ4n) is 5.56. The van der Waals surface area contributed by atoms with Crippen LogP contribution in [0.15, 0.2) is 59.0 Å². The third-order valence-corrected chi connectivity index (χ3v) is 9.27. The summed E-state index contributed by atoms with van der Waals surface area (Å²) < 4.78 is 31.8. The highest BCUT2D eigenvalue weighted by Crippen LogP contribution is 2.53. The summed E-state index contributed by atoms with van der Waals surface area (Å²) in [5.74, 6) is -2.93. The number of rotatable bonds is 6. The van der Waals surface area contributed by atoms with Crippen LogP contribution in [0.4, 0.5) is 5.69 Å². The Labute approximate surface area is 221 Å². The molecule has 1 N–H and O–H groups in total. The smallest absolute Gasteiger partial charge is 0.296 e. The van der Waals surface area contributed by atoms with Crippen molar-refractivity contribution in [3.8, 4) is 0 Å². The number of ether oxygens (including phenoxy) is 1. The predicted octanol–water partition coefficient (Wildman–Crippen LogP) is 2.06. The van der Waals surface area contributed by atoms with Crippen molar-refractivity contribution in [3.05, 3.63) is 65.2 Å². The second-order valence-corrected chi connectivity index (χ2v) is 11.8. The van der Waals surface area contributed by atoms with Gasteiger partial charge in [-0.1, -0.05) is 18.2 Å². The van der Waals surface area contributed by atoms with E-state index >= 15 is 0 Å². The average molecular weight is 540 g/mol. The van der Waals surface area contributed by atoms with Gasteiger partial charge in [-0.15, -0.1) is 0 Å². The first kappa shape index (κ1) is 26.1. The summed E-state index contributed by atoms with van der Waals surface area (Å²) >= 11 is 0. The lowest BCUT2D eigenvalue weighted by atomic mass is 9.81. The Bertz CT molecular complexity index is 1460. The molecular weight excluding hydrogens is 510 g/mol. The Kier molecular flexibility index (Phi) is 6.41. The summed E-state index contributed by atoms with van der Waals surface area (Å²) in [4.78, 5) is 44.1. The molecule has 3 aliphatic heterocycles. The maximum absolute atomic E-state index is 14.2. The van der Waals surface area contributed by atoms with Gasteiger partial charge in [-0.25, -0.2) is 12.7 Å². The maximum atomic E-state index is 14.2. The molecule has 2 saturated heterocycles. The lowest BCUT2D eigenvalue weighted by Gasteiger charge is -2.35. The summed E-state index contributed by atoms with van der Waals surface area (Å²) in [6.07, 6.45) is 1.13. The van der Waals surface area contributed by atoms with Gasteiger partial charge in [0.25, 0.3) is 17.6 Å². The fourth-order valence-corrected chi connectivity index (χ4v) is 6.46. The second kappa shape index (κ2) is 9.33. The van der Waals surface area contributed by atoms with E-state index in [4.69, 9.17) is 4.74 Å². The highest BCUT2D eigenvalue weighted by molar-refractivity contribution is 7.89. The highest BCUT2D eigenvalue weighted by atomic mass is 32.2. The number of hydrogen-bond donors (Lipinski definition) is 1. The van der Waals surface area contributed by atoms with Gasteiger partial charge in [0, 0.05) is 44.9 Å². The lowest BCUT2D eigenvalue weighted by molar-refractivity contribution is -0.145. The van der Waals surface area contributed by atoms with Crippen molar-refractivity contribution in [2.75, 3.05) is 38.7 Å². The molecule has 2 atom stereocenters. The van der Waals surface area contributed by atoms with Crippen LogP contribution < -0.4 is 4.90 Å². The van der Waals surface area contributed by atoms with E-state index < -0.39 is 38.9 Å². The van der Waals surface area contributed by atoms with Gasteiger partial charge in [0.2, 0.25) is 10.0 Å². The Balaban J connectivity index is 1.74. The van der Waals surface area contributed by atoms with E-state index in [2.05, 4.69) is 0 Å². The van der Waals surface area contributed by atoms with Gasteiger partial charge in [0.1, 0.15) is 5.76 Å². The first-order valence-electron chi connectivity index (χ1n) is 12.4. The third-order valence-electron chi connectivity index (χ3n) is 7.44. The number of likely N-dealkylation sites (N-methyl/N-ethyl adjacent to an activating group) is 1. The number of aliphatic hydroxyl groups excluding tert-OH is 1. The van der Waals surface area contributed by atoms with Gasteiger partial charge in [-0.3, -0.25) is 14.4 Å². The third kappa shape index (κ3) is 3.60. The largest absolute Gasteiger partial charge is 0.507 e. The van der Waals surface area contributed by atoms with Crippen molar-refractivity contribution in [1.82, 2.24) is 9.21 Å². The molecule has 0 aliphatic carbocycles. The van der Waals surface area contributed by atoms with E-state index in [1.807, 2.05) is 0 Å². The molecular formula is C27H29N3O7S. The zero-order chi connectivity index (χ0) is 27.4. The van der Waals surface area contributed by atoms with Crippen LogP contribution in [0.25, 0.3) is 5.76 Å². The van der Waals surface area contributed by atoms with Crippen molar-refractivity contribution in [1.29, 1.82) is 0 Å². The molecule has 2 fully saturated rings. The molecule has 11 heteroatoms. The molecule has 2 amide bonds. The van der Waals surface area contributed by atoms with Crippen molar-refractivity contribution in [2.45, 2.75) is 36.3 Å². The molecule has 2 aromatic rings. The molecule has 0 saturated carbocycles. The molecule has 38 heavy (non-hydrogen) atoms. The van der Waals surface area contributed by atoms with Gasteiger partial charge in [0.15, 0.2) is 5.54 Å². The summed E-state index contributed by atoms with van der Waals surface area (Å²) in [7, 11) is -0.923. The van der Waals surface area contributed by atoms with E-state index in [1.165, 1.54) is 48.2 Å². The molecule has 0 bridgehead atoms. The van der Waals surface area contributed by atoms with Gasteiger partial charge < -0.3 is 19.6 Å². The van der Waals surface area contributed by atoms with Gasteiger partial charge >= 0.3 is 0 Å². The molecule has 0 radical (unpaired) electrons. The fraction of sp³-hybridized carbons (Fsp3) is 0.370. The van der Waals surface area contributed by atoms with E-state index in [9.17, 15) is 27.9 Å². The topological polar surface area (TPSA) is 125 Å². The van der Waals surface area contributed by atoms with Gasteiger partial charge in [-0.2, -0.15) is 0 Å². The van der Waals surface area contributed by atoms with Crippen LogP contribution in [-0.4, -0.2) is 80.2 Å². The molecule has 10 nitrogen and oxygen atoms in total. The zero-order valence-corrected chi connectivity index (χ0v) is 22.2. The Hall–Kier alpha value is -3.54. The molecule has 0 unspecified atom stereocenters. The molecule has 2 aromatic carbocycles. The number of sulfonamides is 1. The SMILES string of the molecule is CCN1C(=O)[C@]2(C(=C(O)c3ccc(S(=O)(=O)N(C)C)cc3)C(=O)C(=O)N2C[C@H]2CCCO2)c2ccccc21. The molecule has 0 aromatic heterocycles. The number of aliphatic hydroxyl groups is 1. The Morgan fingerprint density at radius 3 is 2.39 bits per heavy atom. The van der Waals surface area contributed by atoms with E-state index in [1.54, 1.807) is 31.2 Å². The number of para-hydroxylation sites is 1. The number of Topliss-reactive ketones (excluding diaryl/α,β-unsaturated/α-hetero) is 1. The van der Waals surface area contributed by atoms with E-state index in [0.29, 0.717) is 30.8 Å². The average Bonchev–Trinajstić information content (AvgIpc) is 3.57. The second-order valence-electron chi connectivity index (χ2n) is 9.69. The standard InChI is InChI=1S/C27H29N3O7S/c1-4-29-21-10-6-5-9-20(21)27(26(29)34)22(24(32)25(33)30(27)16-18-8-7-15-37-18)23(31)17-11-13-19(14-12-17)38(35,36)28(2)3/h5-6,9-14,18,31H,4,7-8,15-16H2,1-3H3/t18-,27-/m1/s1. The van der Waals surface area contributed by atoms with Crippen LogP contribution in [-0.2, 0) is 34.7 Å². The quantitative estimate of drug-likeness (QED) is 0.339. The van der Waals surface area contributed by atoms with Crippen LogP contribution in [0.3, 0.4) is 0 Å². The first-order chi connectivity index (χ1) is 18.1. The van der Waals surface area contributed by atoms with Crippen molar-refractivity contribution in [2.24, 2.45) is 0 Å². The van der Waals surface area contributed by atoms with Crippen LogP contribution in [0.5, 0.6) is 0 Å². The number of fused-ring (bicyclic) bond motifs is 2. The number of hydrogen-bond acceptors (Lipinski definition) is 7. The summed E-state index contributed by atoms with van der Waals surface area (Å²) in [6, 6.07) is 12.3. The number of carbonyl (C=O) groups excluding carboxylic acids is 3. The number of amides is 2. The van der Waals surface area contributed by atoms with Crippen molar-refractivity contribution < 1.29 is 32.6 Å². The van der Waals surface area contributed by atoms with Crippen LogP contribution >= 0.6 is 0 Å². The van der Waals surface area contributed by atoms with Crippen LogP contribution in [0, 0.1) is 0 Å². The van der Waals surface area contributed by atoms with Gasteiger partial charge in [0.05, 0.1) is 22.3 Å². The number of carbonyl (C=O) groups is 3. The lowest BCUT2D eigenvalue weighted by Crippen LogP contribution is -2.53. The number of benzene rings is 2. The molecule has 200 valence electrons. The van der Waals surface area contributed by atoms with E-state index in [-0.39, 0.29) is 28.7 Å². The van der Waals surface area contributed by atoms with Crippen LogP contribution in [0.2, 0.25) is 0 Å². The number of ketones is 1. The highest BCUT2D eigenvalue weighted by Gasteiger charge is 2.67. The van der Waals surface area contributed by atoms with Crippen molar-refractivity contribution >= 4 is 39.1 Å². The molecule has 3 heterocycles. The summed E-state index contributed by atoms with van der Waals surface area (Å²) in [5.41, 5.74) is -1.12.